The molecule has 35 heavy (non-hydrogen) atoms. The van der Waals surface area contributed by atoms with Gasteiger partial charge in [0.05, 0.1) is 29.2 Å². The monoisotopic (exact) mass is 476 g/mol. The number of dihydropyridines is 1. The second kappa shape index (κ2) is 10.0. The summed E-state index contributed by atoms with van der Waals surface area (Å²) in [6.45, 7) is 8.96. The molecular formula is C27H36N6O2. The van der Waals surface area contributed by atoms with Crippen LogP contribution in [0.15, 0.2) is 35.0 Å². The molecule has 1 aromatic carbocycles. The highest BCUT2D eigenvalue weighted by Crippen LogP contribution is 2.33. The van der Waals surface area contributed by atoms with E-state index in [1.54, 1.807) is 0 Å². The van der Waals surface area contributed by atoms with E-state index in [2.05, 4.69) is 37.9 Å². The maximum absolute atomic E-state index is 13.5. The van der Waals surface area contributed by atoms with Crippen LogP contribution in [0.25, 0.3) is 10.9 Å². The van der Waals surface area contributed by atoms with Crippen LogP contribution in [0.1, 0.15) is 61.5 Å². The molecule has 5 rings (SSSR count). The van der Waals surface area contributed by atoms with Gasteiger partial charge in [-0.1, -0.05) is 18.4 Å². The molecule has 3 heterocycles. The zero-order chi connectivity index (χ0) is 24.5. The van der Waals surface area contributed by atoms with Crippen molar-refractivity contribution < 1.29 is 9.59 Å². The molecule has 2 aromatic rings. The van der Waals surface area contributed by atoms with Crippen molar-refractivity contribution in [2.75, 3.05) is 39.8 Å². The Morgan fingerprint density at radius 3 is 2.57 bits per heavy atom. The van der Waals surface area contributed by atoms with E-state index in [0.717, 1.165) is 67.6 Å². The minimum atomic E-state index is -0.409. The molecule has 1 aliphatic carbocycles. The number of allylic oxidation sites excluding steroid dienone is 1. The highest BCUT2D eigenvalue weighted by Gasteiger charge is 2.26. The minimum absolute atomic E-state index is 0.159. The van der Waals surface area contributed by atoms with Gasteiger partial charge < -0.3 is 10.2 Å². The van der Waals surface area contributed by atoms with Gasteiger partial charge >= 0.3 is 0 Å². The first-order chi connectivity index (χ1) is 16.9. The Morgan fingerprint density at radius 2 is 1.86 bits per heavy atom. The molecule has 1 unspecified atom stereocenters. The Hall–Kier alpha value is -2.84. The largest absolute Gasteiger partial charge is 0.351 e. The van der Waals surface area contributed by atoms with Gasteiger partial charge in [-0.25, -0.2) is 4.99 Å². The molecule has 1 aromatic heterocycles. The predicted octanol–water partition coefficient (Wildman–Crippen LogP) is 3.19. The third-order valence-corrected chi connectivity index (χ3v) is 7.73. The maximum atomic E-state index is 13.5. The zero-order valence-corrected chi connectivity index (χ0v) is 21.1. The van der Waals surface area contributed by atoms with E-state index in [1.165, 1.54) is 12.8 Å². The van der Waals surface area contributed by atoms with Crippen LogP contribution in [0.4, 0.5) is 0 Å². The number of rotatable bonds is 6. The van der Waals surface area contributed by atoms with Crippen molar-refractivity contribution in [3.63, 3.8) is 0 Å². The fourth-order valence-corrected chi connectivity index (χ4v) is 5.63. The quantitative estimate of drug-likeness (QED) is 0.692. The molecule has 1 atom stereocenters. The van der Waals surface area contributed by atoms with Gasteiger partial charge in [0.25, 0.3) is 11.8 Å². The van der Waals surface area contributed by atoms with E-state index >= 15 is 0 Å². The van der Waals surface area contributed by atoms with Crippen LogP contribution < -0.4 is 5.32 Å². The summed E-state index contributed by atoms with van der Waals surface area (Å²) in [5, 5.41) is 8.64. The smallest absolute Gasteiger partial charge is 0.254 e. The lowest BCUT2D eigenvalue weighted by Gasteiger charge is -2.32. The Morgan fingerprint density at radius 1 is 1.11 bits per heavy atom. The van der Waals surface area contributed by atoms with Crippen LogP contribution in [-0.2, 0) is 11.3 Å². The summed E-state index contributed by atoms with van der Waals surface area (Å²) < 4.78 is 2.14. The molecule has 0 spiro atoms. The van der Waals surface area contributed by atoms with Crippen LogP contribution in [0.5, 0.6) is 0 Å². The van der Waals surface area contributed by atoms with Crippen LogP contribution in [0, 0.1) is 5.92 Å². The number of piperazine rings is 1. The number of hydrogen-bond donors (Lipinski definition) is 1. The summed E-state index contributed by atoms with van der Waals surface area (Å²) in [7, 11) is 2.16. The molecule has 1 N–H and O–H groups in total. The van der Waals surface area contributed by atoms with Crippen molar-refractivity contribution in [1.29, 1.82) is 0 Å². The average Bonchev–Trinajstić information content (AvgIpc) is 3.49. The number of aromatic nitrogens is 2. The van der Waals surface area contributed by atoms with Gasteiger partial charge in [0.15, 0.2) is 0 Å². The van der Waals surface area contributed by atoms with Gasteiger partial charge in [0.2, 0.25) is 0 Å². The van der Waals surface area contributed by atoms with Gasteiger partial charge in [-0.3, -0.25) is 19.2 Å². The normalized spacial score (nSPS) is 22.5. The van der Waals surface area contributed by atoms with Crippen LogP contribution in [0.3, 0.4) is 0 Å². The van der Waals surface area contributed by atoms with Crippen molar-refractivity contribution in [2.45, 2.75) is 52.1 Å². The predicted molar refractivity (Wildman–Crippen MR) is 138 cm³/mol. The van der Waals surface area contributed by atoms with Gasteiger partial charge in [0.1, 0.15) is 0 Å². The second-order valence-corrected chi connectivity index (χ2v) is 10.4. The number of carbonyl (C=O) groups is 2. The molecule has 2 fully saturated rings. The van der Waals surface area contributed by atoms with E-state index in [4.69, 9.17) is 5.10 Å². The van der Waals surface area contributed by atoms with Crippen molar-refractivity contribution in [1.82, 2.24) is 24.9 Å². The summed E-state index contributed by atoms with van der Waals surface area (Å²) in [4.78, 5) is 34.8. The Balaban J connectivity index is 1.42. The summed E-state index contributed by atoms with van der Waals surface area (Å²) in [5.41, 5.74) is 4.47. The number of aliphatic imine (C=N–C) groups is 1. The van der Waals surface area contributed by atoms with Crippen LogP contribution >= 0.6 is 0 Å². The molecule has 0 radical (unpaired) electrons. The fraction of sp³-hybridized carbons (Fsp3) is 0.556. The molecule has 8 nitrogen and oxygen atoms in total. The lowest BCUT2D eigenvalue weighted by atomic mass is 9.95. The number of amides is 2. The van der Waals surface area contributed by atoms with E-state index in [9.17, 15) is 9.59 Å². The van der Waals surface area contributed by atoms with Gasteiger partial charge in [0, 0.05) is 50.4 Å². The SMILES string of the molecule is CC1=CC(C)=NC(=O)C1CNC(=O)c1cc(CN2CCN(C)CC2)cc2c1cnn2C1CCCC1. The summed E-state index contributed by atoms with van der Waals surface area (Å²) in [6, 6.07) is 4.64. The third-order valence-electron chi connectivity index (χ3n) is 7.73. The van der Waals surface area contributed by atoms with Crippen LogP contribution in [-0.4, -0.2) is 76.9 Å². The Kier molecular flexibility index (Phi) is 6.84. The summed E-state index contributed by atoms with van der Waals surface area (Å²) >= 11 is 0. The lowest BCUT2D eigenvalue weighted by Crippen LogP contribution is -2.43. The number of fused-ring (bicyclic) bond motifs is 1. The zero-order valence-electron chi connectivity index (χ0n) is 21.1. The standard InChI is InChI=1S/C27H36N6O2/c1-18-12-19(2)30-27(35)23(18)15-28-26(34)22-13-20(17-32-10-8-31(3)9-11-32)14-25-24(22)16-29-33(25)21-6-4-5-7-21/h12-14,16,21,23H,4-11,15,17H2,1-3H3,(H,28,34). The Labute approximate surface area is 207 Å². The Bertz CT molecular complexity index is 1180. The van der Waals surface area contributed by atoms with Crippen molar-refractivity contribution >= 4 is 28.4 Å². The van der Waals surface area contributed by atoms with E-state index < -0.39 is 5.92 Å². The number of likely N-dealkylation sites (N-methyl/N-ethyl adjacent to an activating group) is 1. The average molecular weight is 477 g/mol. The van der Waals surface area contributed by atoms with Crippen LogP contribution in [0.2, 0.25) is 0 Å². The molecule has 3 aliphatic rings. The van der Waals surface area contributed by atoms with E-state index in [1.807, 2.05) is 32.2 Å². The van der Waals surface area contributed by atoms with Gasteiger partial charge in [-0.05, 0) is 57.5 Å². The molecule has 1 saturated heterocycles. The molecule has 8 heteroatoms. The topological polar surface area (TPSA) is 82.8 Å². The molecule has 2 aliphatic heterocycles. The summed E-state index contributed by atoms with van der Waals surface area (Å²) in [6.07, 6.45) is 8.48. The minimum Gasteiger partial charge on any atom is -0.351 e. The summed E-state index contributed by atoms with van der Waals surface area (Å²) in [5.74, 6) is -0.758. The number of nitrogens with one attached hydrogen (secondary N) is 1. The highest BCUT2D eigenvalue weighted by atomic mass is 16.2. The fourth-order valence-electron chi connectivity index (χ4n) is 5.63. The second-order valence-electron chi connectivity index (χ2n) is 10.4. The number of hydrogen-bond acceptors (Lipinski definition) is 5. The maximum Gasteiger partial charge on any atom is 0.254 e. The molecule has 0 bridgehead atoms. The van der Waals surface area contributed by atoms with Crippen molar-refractivity contribution in [3.8, 4) is 0 Å². The molecular weight excluding hydrogens is 440 g/mol. The first-order valence-electron chi connectivity index (χ1n) is 12.9. The molecule has 1 saturated carbocycles. The number of nitrogens with zero attached hydrogens (tertiary/aromatic N) is 5. The van der Waals surface area contributed by atoms with E-state index in [0.29, 0.717) is 17.3 Å². The van der Waals surface area contributed by atoms with Crippen molar-refractivity contribution in [3.05, 3.63) is 41.1 Å². The third kappa shape index (κ3) is 5.09. The molecule has 2 amide bonds. The van der Waals surface area contributed by atoms with Gasteiger partial charge in [-0.2, -0.15) is 5.10 Å². The first kappa shape index (κ1) is 23.9. The number of carbonyl (C=O) groups excluding carboxylic acids is 2. The number of benzene rings is 1. The molecule has 186 valence electrons. The highest BCUT2D eigenvalue weighted by molar-refractivity contribution is 6.08. The van der Waals surface area contributed by atoms with Crippen molar-refractivity contribution in [2.24, 2.45) is 10.9 Å². The first-order valence-corrected chi connectivity index (χ1v) is 12.9. The van der Waals surface area contributed by atoms with E-state index in [-0.39, 0.29) is 18.4 Å². The van der Waals surface area contributed by atoms with Gasteiger partial charge in [-0.15, -0.1) is 0 Å². The lowest BCUT2D eigenvalue weighted by molar-refractivity contribution is -0.120.